The summed E-state index contributed by atoms with van der Waals surface area (Å²) in [4.78, 5) is 0. The second-order valence-electron chi connectivity index (χ2n) is 2.89. The van der Waals surface area contributed by atoms with Crippen molar-refractivity contribution in [2.24, 2.45) is 0 Å². The summed E-state index contributed by atoms with van der Waals surface area (Å²) in [5, 5.41) is 8.93. The van der Waals surface area contributed by atoms with Crippen LogP contribution in [0.5, 0.6) is 0 Å². The first-order chi connectivity index (χ1) is 3.81. The third-order valence-electron chi connectivity index (χ3n) is 1.53. The van der Waals surface area contributed by atoms with Crippen molar-refractivity contribution in [1.82, 2.24) is 0 Å². The maximum absolute atomic E-state index is 12.7. The Balaban J connectivity index is 4.14. The lowest BCUT2D eigenvalue weighted by molar-refractivity contribution is -0.0780. The summed E-state index contributed by atoms with van der Waals surface area (Å²) >= 11 is 0. The summed E-state index contributed by atoms with van der Waals surface area (Å²) in [6, 6.07) is 0. The minimum atomic E-state index is -2.13. The van der Waals surface area contributed by atoms with Gasteiger partial charge in [0, 0.05) is 0 Å². The highest BCUT2D eigenvalue weighted by atomic mass is 19.2. The summed E-state index contributed by atoms with van der Waals surface area (Å²) in [6.45, 7) is 2.36. The van der Waals surface area contributed by atoms with Gasteiger partial charge in [-0.25, -0.2) is 8.78 Å². The van der Waals surface area contributed by atoms with E-state index < -0.39 is 17.9 Å². The largest absolute Gasteiger partial charge is 0.387 e. The fourth-order valence-corrected chi connectivity index (χ4v) is 0.164. The standard InChI is InChI=1S/C6H12F2O/c1-5(2,9)6(3,8)4-7/h9H,4H2,1-3H3. The molecule has 56 valence electrons. The molecule has 0 bridgehead atoms. The van der Waals surface area contributed by atoms with E-state index in [9.17, 15) is 8.78 Å². The Bertz CT molecular complexity index is 93.7. The van der Waals surface area contributed by atoms with Gasteiger partial charge in [-0.3, -0.25) is 0 Å². The Morgan fingerprint density at radius 2 is 1.67 bits per heavy atom. The van der Waals surface area contributed by atoms with Crippen LogP contribution in [-0.4, -0.2) is 23.1 Å². The molecule has 0 aromatic carbocycles. The van der Waals surface area contributed by atoms with Gasteiger partial charge in [0.05, 0.1) is 5.60 Å². The van der Waals surface area contributed by atoms with E-state index >= 15 is 0 Å². The number of alkyl halides is 2. The molecule has 0 amide bonds. The van der Waals surface area contributed by atoms with Gasteiger partial charge >= 0.3 is 0 Å². The van der Waals surface area contributed by atoms with Crippen LogP contribution in [-0.2, 0) is 0 Å². The molecule has 0 aliphatic carbocycles. The van der Waals surface area contributed by atoms with Gasteiger partial charge in [0.25, 0.3) is 0 Å². The molecule has 1 atom stereocenters. The van der Waals surface area contributed by atoms with E-state index in [0.29, 0.717) is 0 Å². The first-order valence-corrected chi connectivity index (χ1v) is 2.78. The lowest BCUT2D eigenvalue weighted by Crippen LogP contribution is -2.45. The van der Waals surface area contributed by atoms with Gasteiger partial charge in [-0.1, -0.05) is 0 Å². The van der Waals surface area contributed by atoms with Gasteiger partial charge in [0.1, 0.15) is 6.67 Å². The molecular weight excluding hydrogens is 126 g/mol. The fourth-order valence-electron chi connectivity index (χ4n) is 0.164. The average Bonchev–Trinajstić information content (AvgIpc) is 1.64. The zero-order valence-electron chi connectivity index (χ0n) is 5.91. The van der Waals surface area contributed by atoms with Crippen LogP contribution in [0, 0.1) is 0 Å². The molecule has 1 nitrogen and oxygen atoms in total. The summed E-state index contributed by atoms with van der Waals surface area (Å²) in [5.41, 5.74) is -3.73. The minimum Gasteiger partial charge on any atom is -0.387 e. The number of hydrogen-bond donors (Lipinski definition) is 1. The molecule has 0 rings (SSSR count). The van der Waals surface area contributed by atoms with Gasteiger partial charge in [-0.15, -0.1) is 0 Å². The smallest absolute Gasteiger partial charge is 0.164 e. The quantitative estimate of drug-likeness (QED) is 0.612. The Morgan fingerprint density at radius 1 is 1.33 bits per heavy atom. The normalized spacial score (nSPS) is 19.3. The monoisotopic (exact) mass is 138 g/mol. The Hall–Kier alpha value is -0.180. The lowest BCUT2D eigenvalue weighted by Gasteiger charge is -2.29. The topological polar surface area (TPSA) is 20.2 Å². The summed E-state index contributed by atoms with van der Waals surface area (Å²) < 4.78 is 24.4. The van der Waals surface area contributed by atoms with Gasteiger partial charge in [-0.05, 0) is 20.8 Å². The third-order valence-corrected chi connectivity index (χ3v) is 1.53. The third kappa shape index (κ3) is 1.90. The molecule has 0 aliphatic heterocycles. The van der Waals surface area contributed by atoms with E-state index in [1.807, 2.05) is 0 Å². The second-order valence-corrected chi connectivity index (χ2v) is 2.89. The number of rotatable bonds is 2. The molecule has 0 aliphatic rings. The highest BCUT2D eigenvalue weighted by Gasteiger charge is 2.39. The van der Waals surface area contributed by atoms with Crippen LogP contribution in [0.15, 0.2) is 0 Å². The molecule has 1 unspecified atom stereocenters. The Labute approximate surface area is 53.7 Å². The van der Waals surface area contributed by atoms with Crippen molar-refractivity contribution < 1.29 is 13.9 Å². The zero-order valence-corrected chi connectivity index (χ0v) is 5.91. The van der Waals surface area contributed by atoms with E-state index in [1.54, 1.807) is 0 Å². The van der Waals surface area contributed by atoms with Gasteiger partial charge in [0.15, 0.2) is 5.67 Å². The maximum atomic E-state index is 12.7. The first kappa shape index (κ1) is 8.82. The summed E-state index contributed by atoms with van der Waals surface area (Å²) in [5.74, 6) is 0. The Kier molecular flexibility index (Phi) is 2.17. The minimum absolute atomic E-state index is 1.03. The molecule has 0 fully saturated rings. The highest BCUT2D eigenvalue weighted by molar-refractivity contribution is 4.89. The predicted molar refractivity (Wildman–Crippen MR) is 31.8 cm³/mol. The fraction of sp³-hybridized carbons (Fsp3) is 1.00. The van der Waals surface area contributed by atoms with Crippen LogP contribution in [0.4, 0.5) is 8.78 Å². The van der Waals surface area contributed by atoms with Crippen molar-refractivity contribution in [3.63, 3.8) is 0 Å². The highest BCUT2D eigenvalue weighted by Crippen LogP contribution is 2.25. The van der Waals surface area contributed by atoms with Crippen LogP contribution in [0.3, 0.4) is 0 Å². The van der Waals surface area contributed by atoms with Crippen LogP contribution >= 0.6 is 0 Å². The van der Waals surface area contributed by atoms with E-state index in [1.165, 1.54) is 13.8 Å². The molecule has 0 saturated heterocycles. The molecule has 0 spiro atoms. The van der Waals surface area contributed by atoms with Crippen molar-refractivity contribution in [3.05, 3.63) is 0 Å². The summed E-state index contributed by atoms with van der Waals surface area (Å²) in [7, 11) is 0. The molecule has 1 N–H and O–H groups in total. The van der Waals surface area contributed by atoms with Crippen molar-refractivity contribution >= 4 is 0 Å². The predicted octanol–water partition coefficient (Wildman–Crippen LogP) is 1.45. The van der Waals surface area contributed by atoms with E-state index in [4.69, 9.17) is 5.11 Å². The number of halogens is 2. The van der Waals surface area contributed by atoms with E-state index in [2.05, 4.69) is 0 Å². The maximum Gasteiger partial charge on any atom is 0.164 e. The average molecular weight is 138 g/mol. The van der Waals surface area contributed by atoms with Crippen LogP contribution in [0.25, 0.3) is 0 Å². The molecule has 0 saturated carbocycles. The van der Waals surface area contributed by atoms with Crippen LogP contribution in [0.2, 0.25) is 0 Å². The van der Waals surface area contributed by atoms with E-state index in [-0.39, 0.29) is 0 Å². The molecule has 0 aromatic heterocycles. The van der Waals surface area contributed by atoms with Crippen molar-refractivity contribution in [3.8, 4) is 0 Å². The van der Waals surface area contributed by atoms with E-state index in [0.717, 1.165) is 6.92 Å². The Morgan fingerprint density at radius 3 is 1.67 bits per heavy atom. The molecule has 9 heavy (non-hydrogen) atoms. The SMILES string of the molecule is CC(C)(O)C(C)(F)CF. The molecular formula is C6H12F2O. The van der Waals surface area contributed by atoms with Gasteiger partial charge in [-0.2, -0.15) is 0 Å². The molecule has 0 heterocycles. The van der Waals surface area contributed by atoms with Gasteiger partial charge in [0.2, 0.25) is 0 Å². The van der Waals surface area contributed by atoms with Crippen molar-refractivity contribution in [2.75, 3.05) is 6.67 Å². The van der Waals surface area contributed by atoms with Crippen LogP contribution in [0.1, 0.15) is 20.8 Å². The zero-order chi connectivity index (χ0) is 7.71. The number of hydrogen-bond acceptors (Lipinski definition) is 1. The summed E-state index contributed by atoms with van der Waals surface area (Å²) in [6.07, 6.45) is 0. The van der Waals surface area contributed by atoms with Crippen molar-refractivity contribution in [1.29, 1.82) is 0 Å². The first-order valence-electron chi connectivity index (χ1n) is 2.78. The molecule has 3 heteroatoms. The molecule has 0 radical (unpaired) electrons. The lowest BCUT2D eigenvalue weighted by atomic mass is 9.91. The van der Waals surface area contributed by atoms with Crippen molar-refractivity contribution in [2.45, 2.75) is 32.0 Å². The second kappa shape index (κ2) is 2.21. The van der Waals surface area contributed by atoms with Crippen LogP contribution < -0.4 is 0 Å². The van der Waals surface area contributed by atoms with Gasteiger partial charge < -0.3 is 5.11 Å². The number of aliphatic hydroxyl groups is 1. The molecule has 0 aromatic rings.